The molecule has 7 nitrogen and oxygen atoms in total. The maximum atomic E-state index is 5.00. The van der Waals surface area contributed by atoms with E-state index in [4.69, 9.17) is 4.52 Å². The zero-order valence-electron chi connectivity index (χ0n) is 12.6. The largest absolute Gasteiger partial charge is 0.360 e. The normalized spacial score (nSPS) is 10.5. The molecule has 2 heterocycles. The highest BCUT2D eigenvalue weighted by molar-refractivity contribution is 5.61. The van der Waals surface area contributed by atoms with E-state index in [1.54, 1.807) is 6.07 Å². The number of nitrogens with zero attached hydrogens (tertiary/aromatic N) is 4. The van der Waals surface area contributed by atoms with E-state index >= 15 is 0 Å². The summed E-state index contributed by atoms with van der Waals surface area (Å²) in [6.07, 6.45) is 1.53. The van der Waals surface area contributed by atoms with E-state index in [1.807, 2.05) is 26.0 Å². The molecule has 0 unspecified atom stereocenters. The first-order valence-corrected chi connectivity index (χ1v) is 6.85. The fraction of sp³-hybridized carbons (Fsp3) is 0.200. The minimum atomic E-state index is 0.416. The first-order valence-electron chi connectivity index (χ1n) is 6.85. The van der Waals surface area contributed by atoms with Crippen LogP contribution < -0.4 is 10.6 Å². The number of rotatable bonds is 4. The molecule has 2 aromatic heterocycles. The second-order valence-electron chi connectivity index (χ2n) is 4.99. The molecule has 3 rings (SSSR count). The molecule has 0 saturated carbocycles. The van der Waals surface area contributed by atoms with E-state index in [-0.39, 0.29) is 0 Å². The summed E-state index contributed by atoms with van der Waals surface area (Å²) in [5, 5.41) is 18.0. The second kappa shape index (κ2) is 5.80. The lowest BCUT2D eigenvalue weighted by Gasteiger charge is -2.10. The van der Waals surface area contributed by atoms with Crippen molar-refractivity contribution in [1.82, 2.24) is 20.3 Å². The van der Waals surface area contributed by atoms with Gasteiger partial charge in [0.15, 0.2) is 11.6 Å². The molecule has 0 aliphatic carbocycles. The van der Waals surface area contributed by atoms with Crippen LogP contribution in [0.25, 0.3) is 0 Å². The smallest absolute Gasteiger partial charge is 0.249 e. The standard InChI is InChI=1S/C15H16N6O/c1-9-5-4-6-12(11(9)3)17-15-19-14(8-16-20-15)18-13-7-10(2)22-21-13/h4-8H,1-3H3,(H2,17,18,19,20,21). The van der Waals surface area contributed by atoms with E-state index in [9.17, 15) is 0 Å². The van der Waals surface area contributed by atoms with Gasteiger partial charge in [-0.25, -0.2) is 0 Å². The molecule has 0 amide bonds. The van der Waals surface area contributed by atoms with Crippen molar-refractivity contribution in [2.24, 2.45) is 0 Å². The monoisotopic (exact) mass is 296 g/mol. The van der Waals surface area contributed by atoms with Crippen LogP contribution in [0.5, 0.6) is 0 Å². The molecule has 112 valence electrons. The number of nitrogens with one attached hydrogen (secondary N) is 2. The van der Waals surface area contributed by atoms with Gasteiger partial charge in [-0.2, -0.15) is 10.1 Å². The molecule has 22 heavy (non-hydrogen) atoms. The maximum absolute atomic E-state index is 5.00. The van der Waals surface area contributed by atoms with Gasteiger partial charge in [0, 0.05) is 11.8 Å². The molecular formula is C15H16N6O. The van der Waals surface area contributed by atoms with Crippen LogP contribution in [0.15, 0.2) is 35.0 Å². The second-order valence-corrected chi connectivity index (χ2v) is 4.99. The average Bonchev–Trinajstić information content (AvgIpc) is 2.89. The Morgan fingerprint density at radius 1 is 1.05 bits per heavy atom. The van der Waals surface area contributed by atoms with E-state index in [0.29, 0.717) is 17.6 Å². The molecule has 1 aromatic carbocycles. The van der Waals surface area contributed by atoms with E-state index in [0.717, 1.165) is 17.0 Å². The van der Waals surface area contributed by atoms with Crippen LogP contribution in [0.4, 0.5) is 23.3 Å². The molecular weight excluding hydrogens is 280 g/mol. The van der Waals surface area contributed by atoms with Crippen molar-refractivity contribution in [3.63, 3.8) is 0 Å². The molecule has 0 fully saturated rings. The topological polar surface area (TPSA) is 88.8 Å². The molecule has 2 N–H and O–H groups in total. The van der Waals surface area contributed by atoms with E-state index in [2.05, 4.69) is 44.0 Å². The number of anilines is 4. The lowest BCUT2D eigenvalue weighted by molar-refractivity contribution is 0.400. The lowest BCUT2D eigenvalue weighted by Crippen LogP contribution is -2.03. The molecule has 0 atom stereocenters. The summed E-state index contributed by atoms with van der Waals surface area (Å²) in [7, 11) is 0. The third-order valence-electron chi connectivity index (χ3n) is 3.29. The van der Waals surface area contributed by atoms with Crippen molar-refractivity contribution in [2.45, 2.75) is 20.8 Å². The SMILES string of the molecule is Cc1cc(Nc2cnnc(Nc3cccc(C)c3C)n2)no1. The fourth-order valence-corrected chi connectivity index (χ4v) is 1.98. The van der Waals surface area contributed by atoms with Crippen molar-refractivity contribution in [3.05, 3.63) is 47.3 Å². The predicted octanol–water partition coefficient (Wildman–Crippen LogP) is 3.27. The number of hydrogen-bond acceptors (Lipinski definition) is 7. The lowest BCUT2D eigenvalue weighted by atomic mass is 10.1. The predicted molar refractivity (Wildman–Crippen MR) is 83.5 cm³/mol. The van der Waals surface area contributed by atoms with Crippen LogP contribution in [0.1, 0.15) is 16.9 Å². The zero-order valence-corrected chi connectivity index (χ0v) is 12.6. The van der Waals surface area contributed by atoms with Crippen LogP contribution in [-0.4, -0.2) is 20.3 Å². The molecule has 0 spiro atoms. The molecule has 0 saturated heterocycles. The molecule has 0 aliphatic heterocycles. The van der Waals surface area contributed by atoms with Crippen LogP contribution in [-0.2, 0) is 0 Å². The molecule has 0 aliphatic rings. The van der Waals surface area contributed by atoms with Gasteiger partial charge in [-0.3, -0.25) is 0 Å². The van der Waals surface area contributed by atoms with Gasteiger partial charge in [-0.15, -0.1) is 5.10 Å². The van der Waals surface area contributed by atoms with Gasteiger partial charge in [0.05, 0.1) is 6.20 Å². The molecule has 0 radical (unpaired) electrons. The number of aromatic nitrogens is 4. The highest BCUT2D eigenvalue weighted by atomic mass is 16.5. The Labute approximate surface area is 127 Å². The van der Waals surface area contributed by atoms with Gasteiger partial charge in [0.2, 0.25) is 5.95 Å². The summed E-state index contributed by atoms with van der Waals surface area (Å²) in [5.74, 6) is 2.25. The first kappa shape index (κ1) is 14.0. The van der Waals surface area contributed by atoms with Crippen molar-refractivity contribution in [2.75, 3.05) is 10.6 Å². The van der Waals surface area contributed by atoms with Crippen molar-refractivity contribution >= 4 is 23.3 Å². The summed E-state index contributed by atoms with van der Waals surface area (Å²) in [5.41, 5.74) is 3.30. The number of benzene rings is 1. The first-order chi connectivity index (χ1) is 10.6. The highest BCUT2D eigenvalue weighted by Crippen LogP contribution is 2.21. The number of aryl methyl sites for hydroxylation is 2. The maximum Gasteiger partial charge on any atom is 0.249 e. The summed E-state index contributed by atoms with van der Waals surface area (Å²) < 4.78 is 5.00. The van der Waals surface area contributed by atoms with Gasteiger partial charge < -0.3 is 15.2 Å². The zero-order chi connectivity index (χ0) is 15.5. The number of hydrogen-bond donors (Lipinski definition) is 2. The van der Waals surface area contributed by atoms with Crippen molar-refractivity contribution in [1.29, 1.82) is 0 Å². The van der Waals surface area contributed by atoms with Crippen LogP contribution in [0, 0.1) is 20.8 Å². The Bertz CT molecular complexity index is 798. The minimum absolute atomic E-state index is 0.416. The Morgan fingerprint density at radius 2 is 1.91 bits per heavy atom. The van der Waals surface area contributed by atoms with Crippen LogP contribution in [0.3, 0.4) is 0 Å². The Morgan fingerprint density at radius 3 is 2.68 bits per heavy atom. The Kier molecular flexibility index (Phi) is 3.69. The molecule has 3 aromatic rings. The summed E-state index contributed by atoms with van der Waals surface area (Å²) in [6.45, 7) is 5.93. The van der Waals surface area contributed by atoms with Gasteiger partial charge in [0.1, 0.15) is 5.76 Å². The van der Waals surface area contributed by atoms with Gasteiger partial charge in [-0.05, 0) is 38.0 Å². The summed E-state index contributed by atoms with van der Waals surface area (Å²) in [6, 6.07) is 7.80. The average molecular weight is 296 g/mol. The summed E-state index contributed by atoms with van der Waals surface area (Å²) >= 11 is 0. The third-order valence-corrected chi connectivity index (χ3v) is 3.29. The van der Waals surface area contributed by atoms with Crippen LogP contribution >= 0.6 is 0 Å². The minimum Gasteiger partial charge on any atom is -0.360 e. The third kappa shape index (κ3) is 3.03. The quantitative estimate of drug-likeness (QED) is 0.763. The highest BCUT2D eigenvalue weighted by Gasteiger charge is 2.06. The van der Waals surface area contributed by atoms with Crippen molar-refractivity contribution in [3.8, 4) is 0 Å². The summed E-state index contributed by atoms with van der Waals surface area (Å²) in [4.78, 5) is 4.37. The fourth-order valence-electron chi connectivity index (χ4n) is 1.98. The van der Waals surface area contributed by atoms with Gasteiger partial charge in [-0.1, -0.05) is 17.3 Å². The Hall–Kier alpha value is -2.96. The van der Waals surface area contributed by atoms with E-state index in [1.165, 1.54) is 11.8 Å². The van der Waals surface area contributed by atoms with Crippen LogP contribution in [0.2, 0.25) is 0 Å². The molecule has 0 bridgehead atoms. The van der Waals surface area contributed by atoms with Gasteiger partial charge in [0.25, 0.3) is 0 Å². The van der Waals surface area contributed by atoms with E-state index < -0.39 is 0 Å². The Balaban J connectivity index is 1.80. The van der Waals surface area contributed by atoms with Gasteiger partial charge >= 0.3 is 0 Å². The molecule has 7 heteroatoms. The van der Waals surface area contributed by atoms with Crippen molar-refractivity contribution < 1.29 is 4.52 Å².